The minimum Gasteiger partial charge on any atom is -0.486 e. The van der Waals surface area contributed by atoms with Gasteiger partial charge < -0.3 is 9.47 Å². The summed E-state index contributed by atoms with van der Waals surface area (Å²) in [5, 5.41) is 3.81. The van der Waals surface area contributed by atoms with Crippen LogP contribution >= 0.6 is 0 Å². The number of fused-ring (bicyclic) bond motifs is 1. The van der Waals surface area contributed by atoms with Gasteiger partial charge in [0.15, 0.2) is 0 Å². The summed E-state index contributed by atoms with van der Waals surface area (Å²) in [7, 11) is -2.66. The van der Waals surface area contributed by atoms with Gasteiger partial charge in [0.05, 0.1) is 24.2 Å². The quantitative estimate of drug-likeness (QED) is 0.169. The minimum atomic E-state index is -4.07. The Morgan fingerprint density at radius 3 is 2.69 bits per heavy atom. The highest BCUT2D eigenvalue weighted by Gasteiger charge is 2.35. The van der Waals surface area contributed by atoms with Gasteiger partial charge in [0.1, 0.15) is 23.5 Å². The molecule has 206 valence electrons. The van der Waals surface area contributed by atoms with E-state index in [1.807, 2.05) is 19.9 Å². The van der Waals surface area contributed by atoms with E-state index < -0.39 is 27.8 Å². The first-order chi connectivity index (χ1) is 18.6. The maximum Gasteiger partial charge on any atom is 0.264 e. The summed E-state index contributed by atoms with van der Waals surface area (Å²) < 4.78 is 69.1. The predicted octanol–water partition coefficient (Wildman–Crippen LogP) is 5.20. The molecule has 1 amide bonds. The van der Waals surface area contributed by atoms with Crippen molar-refractivity contribution >= 4 is 28.0 Å². The molecule has 39 heavy (non-hydrogen) atoms. The molecular formula is C28H29F2N3O5S. The summed E-state index contributed by atoms with van der Waals surface area (Å²) in [6, 6.07) is 14.4. The Balaban J connectivity index is 1.77. The number of nitrogens with zero attached hydrogens (tertiary/aromatic N) is 2. The molecule has 1 N–H and O–H groups in total. The molecule has 0 unspecified atom stereocenters. The van der Waals surface area contributed by atoms with E-state index >= 15 is 0 Å². The van der Waals surface area contributed by atoms with Crippen LogP contribution in [-0.4, -0.2) is 40.5 Å². The van der Waals surface area contributed by atoms with Crippen molar-refractivity contribution in [1.29, 1.82) is 0 Å². The molecule has 1 atom stereocenters. The largest absolute Gasteiger partial charge is 0.486 e. The molecule has 0 aliphatic carbocycles. The van der Waals surface area contributed by atoms with Crippen LogP contribution in [0.5, 0.6) is 5.75 Å². The molecule has 8 nitrogen and oxygen atoms in total. The lowest BCUT2D eigenvalue weighted by Crippen LogP contribution is -2.43. The number of hydrogen-bond donors (Lipinski definition) is 1. The van der Waals surface area contributed by atoms with Gasteiger partial charge in [-0.25, -0.2) is 22.6 Å². The van der Waals surface area contributed by atoms with E-state index in [-0.39, 0.29) is 46.7 Å². The Morgan fingerprint density at radius 1 is 1.18 bits per heavy atom. The van der Waals surface area contributed by atoms with Crippen LogP contribution in [0.25, 0.3) is 11.1 Å². The van der Waals surface area contributed by atoms with Crippen molar-refractivity contribution in [3.8, 4) is 16.9 Å². The number of amides is 1. The fourth-order valence-corrected chi connectivity index (χ4v) is 5.88. The number of hydrogen-bond acceptors (Lipinski definition) is 6. The SMILES string of the molecule is CO/C(CC[C@H]1CN(S(=O)(=O)c2cccc(C(C)C)c2)c2cc(-c3cc(F)ccc3F)ccc2O1)=N\NC=O. The van der Waals surface area contributed by atoms with Crippen molar-refractivity contribution in [2.45, 2.75) is 43.6 Å². The molecule has 0 fully saturated rings. The van der Waals surface area contributed by atoms with Crippen molar-refractivity contribution in [2.24, 2.45) is 5.10 Å². The average Bonchev–Trinajstić information content (AvgIpc) is 2.93. The third-order valence-electron chi connectivity index (χ3n) is 6.40. The Labute approximate surface area is 226 Å². The fourth-order valence-electron chi connectivity index (χ4n) is 4.32. The van der Waals surface area contributed by atoms with Crippen LogP contribution in [0, 0.1) is 11.6 Å². The van der Waals surface area contributed by atoms with Gasteiger partial charge in [0, 0.05) is 12.0 Å². The summed E-state index contributed by atoms with van der Waals surface area (Å²) in [5.41, 5.74) is 3.56. The summed E-state index contributed by atoms with van der Waals surface area (Å²) in [4.78, 5) is 10.7. The number of anilines is 1. The fraction of sp³-hybridized carbons (Fsp3) is 0.286. The third-order valence-corrected chi connectivity index (χ3v) is 8.18. The summed E-state index contributed by atoms with van der Waals surface area (Å²) >= 11 is 0. The highest BCUT2D eigenvalue weighted by molar-refractivity contribution is 7.92. The summed E-state index contributed by atoms with van der Waals surface area (Å²) in [6.45, 7) is 3.90. The number of methoxy groups -OCH3 is 1. The van der Waals surface area contributed by atoms with Gasteiger partial charge in [-0.05, 0) is 65.9 Å². The molecule has 0 saturated heterocycles. The zero-order valence-electron chi connectivity index (χ0n) is 21.7. The highest BCUT2D eigenvalue weighted by atomic mass is 32.2. The van der Waals surface area contributed by atoms with E-state index in [9.17, 15) is 22.0 Å². The average molecular weight is 558 g/mol. The van der Waals surface area contributed by atoms with E-state index in [4.69, 9.17) is 9.47 Å². The lowest BCUT2D eigenvalue weighted by molar-refractivity contribution is -0.109. The molecule has 1 aliphatic rings. The molecule has 1 aliphatic heterocycles. The smallest absolute Gasteiger partial charge is 0.264 e. The maximum atomic E-state index is 14.6. The molecule has 3 aromatic rings. The molecule has 1 heterocycles. The Morgan fingerprint density at radius 2 is 1.97 bits per heavy atom. The molecule has 0 radical (unpaired) electrons. The number of hydrazone groups is 1. The summed E-state index contributed by atoms with van der Waals surface area (Å²) in [6.07, 6.45) is 0.408. The van der Waals surface area contributed by atoms with Gasteiger partial charge in [-0.3, -0.25) is 9.10 Å². The molecule has 0 aromatic heterocycles. The van der Waals surface area contributed by atoms with E-state index in [0.29, 0.717) is 18.4 Å². The number of rotatable bonds is 9. The minimum absolute atomic E-state index is 0.00250. The Bertz CT molecular complexity index is 1490. The van der Waals surface area contributed by atoms with Gasteiger partial charge in [-0.15, -0.1) is 5.10 Å². The number of carbonyl (C=O) groups is 1. The van der Waals surface area contributed by atoms with Crippen LogP contribution < -0.4 is 14.5 Å². The number of ether oxygens (including phenoxy) is 2. The number of halogens is 2. The van der Waals surface area contributed by atoms with Gasteiger partial charge in [-0.2, -0.15) is 0 Å². The van der Waals surface area contributed by atoms with E-state index in [2.05, 4.69) is 10.5 Å². The van der Waals surface area contributed by atoms with E-state index in [0.717, 1.165) is 23.8 Å². The third kappa shape index (κ3) is 6.19. The van der Waals surface area contributed by atoms with Crippen LogP contribution in [0.4, 0.5) is 14.5 Å². The van der Waals surface area contributed by atoms with E-state index in [1.165, 1.54) is 23.5 Å². The molecule has 0 spiro atoms. The van der Waals surface area contributed by atoms with Crippen molar-refractivity contribution in [1.82, 2.24) is 5.43 Å². The second-order valence-electron chi connectivity index (χ2n) is 9.31. The molecule has 4 rings (SSSR count). The maximum absolute atomic E-state index is 14.6. The first-order valence-electron chi connectivity index (χ1n) is 12.3. The van der Waals surface area contributed by atoms with Crippen LogP contribution in [0.1, 0.15) is 38.2 Å². The lowest BCUT2D eigenvalue weighted by Gasteiger charge is -2.36. The van der Waals surface area contributed by atoms with Crippen LogP contribution in [0.15, 0.2) is 70.7 Å². The highest BCUT2D eigenvalue weighted by Crippen LogP contribution is 2.41. The lowest BCUT2D eigenvalue weighted by atomic mass is 10.0. The number of carbonyl (C=O) groups excluding carboxylic acids is 1. The normalized spacial score (nSPS) is 15.5. The number of nitrogens with one attached hydrogen (secondary N) is 1. The second kappa shape index (κ2) is 11.8. The van der Waals surface area contributed by atoms with Crippen molar-refractivity contribution in [3.63, 3.8) is 0 Å². The molecule has 11 heteroatoms. The van der Waals surface area contributed by atoms with Gasteiger partial charge >= 0.3 is 0 Å². The van der Waals surface area contributed by atoms with Crippen LogP contribution in [0.2, 0.25) is 0 Å². The standard InChI is InChI=1S/C28H29F2N3O5S/c1-18(2)19-5-4-6-23(13-19)39(35,36)33-16-22(9-12-28(37-3)32-31-17-34)38-27-11-7-20(14-26(27)33)24-15-21(29)8-10-25(24)30/h4-8,10-11,13-15,17-18,22H,9,12,16H2,1-3H3,(H,31,34)/b32-28-/t22-/m0/s1. The van der Waals surface area contributed by atoms with Gasteiger partial charge in [0.2, 0.25) is 12.3 Å². The Hall–Kier alpha value is -3.99. The molecular weight excluding hydrogens is 528 g/mol. The topological polar surface area (TPSA) is 97.3 Å². The Kier molecular flexibility index (Phi) is 8.49. The predicted molar refractivity (Wildman–Crippen MR) is 144 cm³/mol. The first-order valence-corrected chi connectivity index (χ1v) is 13.8. The van der Waals surface area contributed by atoms with Gasteiger partial charge in [-0.1, -0.05) is 32.0 Å². The van der Waals surface area contributed by atoms with E-state index in [1.54, 1.807) is 24.3 Å². The number of benzene rings is 3. The van der Waals surface area contributed by atoms with Crippen LogP contribution in [-0.2, 0) is 19.6 Å². The summed E-state index contributed by atoms with van der Waals surface area (Å²) in [5.74, 6) is -0.626. The number of sulfonamides is 1. The van der Waals surface area contributed by atoms with Crippen LogP contribution in [0.3, 0.4) is 0 Å². The zero-order valence-corrected chi connectivity index (χ0v) is 22.5. The second-order valence-corrected chi connectivity index (χ2v) is 11.2. The first kappa shape index (κ1) is 28.0. The van der Waals surface area contributed by atoms with Crippen molar-refractivity contribution < 1.29 is 31.5 Å². The molecule has 0 saturated carbocycles. The monoisotopic (exact) mass is 557 g/mol. The molecule has 3 aromatic carbocycles. The molecule has 0 bridgehead atoms. The van der Waals surface area contributed by atoms with Crippen molar-refractivity contribution in [3.05, 3.63) is 77.9 Å². The zero-order chi connectivity index (χ0) is 28.2. The van der Waals surface area contributed by atoms with Crippen molar-refractivity contribution in [2.75, 3.05) is 18.0 Å². The van der Waals surface area contributed by atoms with Gasteiger partial charge in [0.25, 0.3) is 10.0 Å².